The average Bonchev–Trinajstić information content (AvgIpc) is 2.62. The van der Waals surface area contributed by atoms with Gasteiger partial charge in [0.25, 0.3) is 5.91 Å². The van der Waals surface area contributed by atoms with Gasteiger partial charge in [0, 0.05) is 24.3 Å². The first-order valence-electron chi connectivity index (χ1n) is 8.48. The zero-order valence-corrected chi connectivity index (χ0v) is 15.4. The second kappa shape index (κ2) is 7.88. The zero-order valence-electron chi connectivity index (χ0n) is 14.6. The van der Waals surface area contributed by atoms with Crippen molar-refractivity contribution in [3.05, 3.63) is 65.7 Å². The van der Waals surface area contributed by atoms with E-state index in [0.717, 1.165) is 0 Å². The Balaban J connectivity index is 1.64. The van der Waals surface area contributed by atoms with E-state index in [1.165, 1.54) is 0 Å². The first-order valence-corrected chi connectivity index (χ1v) is 10.1. The standard InChI is InChI=1S/C19H22N2O4S/c1-15-13-21(11-12-25-15)19(22)17-7-9-18(10-8-17)20-26(23,24)14-16-5-3-2-4-6-16/h2-10,15,20H,11-14H2,1H3. The van der Waals surface area contributed by atoms with E-state index in [4.69, 9.17) is 4.74 Å². The third-order valence-electron chi connectivity index (χ3n) is 4.13. The van der Waals surface area contributed by atoms with Crippen molar-refractivity contribution in [2.24, 2.45) is 0 Å². The number of morpholine rings is 1. The van der Waals surface area contributed by atoms with Gasteiger partial charge in [-0.2, -0.15) is 0 Å². The van der Waals surface area contributed by atoms with E-state index >= 15 is 0 Å². The normalized spacial score (nSPS) is 17.7. The van der Waals surface area contributed by atoms with Gasteiger partial charge < -0.3 is 9.64 Å². The van der Waals surface area contributed by atoms with Crippen LogP contribution >= 0.6 is 0 Å². The van der Waals surface area contributed by atoms with Crippen LogP contribution in [-0.2, 0) is 20.5 Å². The number of hydrogen-bond donors (Lipinski definition) is 1. The van der Waals surface area contributed by atoms with Gasteiger partial charge in [0.2, 0.25) is 10.0 Å². The Morgan fingerprint density at radius 1 is 1.15 bits per heavy atom. The van der Waals surface area contributed by atoms with Crippen LogP contribution in [0.25, 0.3) is 0 Å². The number of amides is 1. The molecule has 2 aromatic carbocycles. The van der Waals surface area contributed by atoms with Crippen LogP contribution < -0.4 is 4.72 Å². The van der Waals surface area contributed by atoms with Crippen molar-refractivity contribution < 1.29 is 17.9 Å². The highest BCUT2D eigenvalue weighted by Crippen LogP contribution is 2.16. The summed E-state index contributed by atoms with van der Waals surface area (Å²) in [6.07, 6.45) is 0.0248. The number of anilines is 1. The van der Waals surface area contributed by atoms with E-state index in [0.29, 0.717) is 36.5 Å². The van der Waals surface area contributed by atoms with E-state index in [1.54, 1.807) is 53.4 Å². The first kappa shape index (κ1) is 18.4. The highest BCUT2D eigenvalue weighted by molar-refractivity contribution is 7.91. The Morgan fingerprint density at radius 3 is 2.50 bits per heavy atom. The Morgan fingerprint density at radius 2 is 1.85 bits per heavy atom. The summed E-state index contributed by atoms with van der Waals surface area (Å²) in [7, 11) is -3.51. The summed E-state index contributed by atoms with van der Waals surface area (Å²) in [4.78, 5) is 14.3. The molecule has 1 aliphatic rings. The van der Waals surface area contributed by atoms with Crippen LogP contribution in [-0.4, -0.2) is 45.0 Å². The minimum Gasteiger partial charge on any atom is -0.375 e. The lowest BCUT2D eigenvalue weighted by atomic mass is 10.1. The summed E-state index contributed by atoms with van der Waals surface area (Å²) in [6, 6.07) is 15.5. The van der Waals surface area contributed by atoms with Crippen molar-refractivity contribution in [2.75, 3.05) is 24.4 Å². The van der Waals surface area contributed by atoms with E-state index in [1.807, 2.05) is 13.0 Å². The fourth-order valence-electron chi connectivity index (χ4n) is 2.88. The third-order valence-corrected chi connectivity index (χ3v) is 5.39. The Hall–Kier alpha value is -2.38. The van der Waals surface area contributed by atoms with E-state index < -0.39 is 10.0 Å². The maximum atomic E-state index is 12.5. The molecule has 0 radical (unpaired) electrons. The van der Waals surface area contributed by atoms with Crippen LogP contribution in [0, 0.1) is 0 Å². The van der Waals surface area contributed by atoms with Gasteiger partial charge in [-0.25, -0.2) is 8.42 Å². The number of nitrogens with zero attached hydrogens (tertiary/aromatic N) is 1. The second-order valence-electron chi connectivity index (χ2n) is 6.36. The molecular weight excluding hydrogens is 352 g/mol. The fraction of sp³-hybridized carbons (Fsp3) is 0.316. The molecule has 7 heteroatoms. The lowest BCUT2D eigenvalue weighted by Crippen LogP contribution is -2.44. The van der Waals surface area contributed by atoms with Gasteiger partial charge in [-0.1, -0.05) is 30.3 Å². The van der Waals surface area contributed by atoms with Crippen molar-refractivity contribution in [1.29, 1.82) is 0 Å². The molecule has 26 heavy (non-hydrogen) atoms. The molecule has 138 valence electrons. The smallest absolute Gasteiger partial charge is 0.254 e. The fourth-order valence-corrected chi connectivity index (χ4v) is 4.07. The Kier molecular flexibility index (Phi) is 5.58. The van der Waals surface area contributed by atoms with Crippen LogP contribution in [0.5, 0.6) is 0 Å². The predicted octanol–water partition coefficient (Wildman–Crippen LogP) is 2.49. The minimum absolute atomic E-state index is 0.0248. The van der Waals surface area contributed by atoms with Crippen molar-refractivity contribution in [2.45, 2.75) is 18.8 Å². The lowest BCUT2D eigenvalue weighted by Gasteiger charge is -2.31. The number of hydrogen-bond acceptors (Lipinski definition) is 4. The van der Waals surface area contributed by atoms with Crippen molar-refractivity contribution in [1.82, 2.24) is 4.90 Å². The van der Waals surface area contributed by atoms with Crippen LogP contribution in [0.15, 0.2) is 54.6 Å². The van der Waals surface area contributed by atoms with Gasteiger partial charge in [0.05, 0.1) is 18.5 Å². The summed E-state index contributed by atoms with van der Waals surface area (Å²) >= 11 is 0. The molecule has 0 saturated carbocycles. The molecule has 2 aromatic rings. The monoisotopic (exact) mass is 374 g/mol. The summed E-state index contributed by atoms with van der Waals surface area (Å²) in [5.74, 6) is -0.168. The quantitative estimate of drug-likeness (QED) is 0.872. The molecule has 1 atom stereocenters. The van der Waals surface area contributed by atoms with Gasteiger partial charge in [0.15, 0.2) is 0 Å². The summed E-state index contributed by atoms with van der Waals surface area (Å²) in [5, 5.41) is 0. The molecule has 1 N–H and O–H groups in total. The van der Waals surface area contributed by atoms with Crippen LogP contribution in [0.3, 0.4) is 0 Å². The van der Waals surface area contributed by atoms with E-state index in [2.05, 4.69) is 4.72 Å². The van der Waals surface area contributed by atoms with Gasteiger partial charge in [-0.15, -0.1) is 0 Å². The molecule has 0 aliphatic carbocycles. The number of nitrogens with one attached hydrogen (secondary N) is 1. The maximum absolute atomic E-state index is 12.5. The molecule has 0 aromatic heterocycles. The largest absolute Gasteiger partial charge is 0.375 e. The first-order chi connectivity index (χ1) is 12.4. The van der Waals surface area contributed by atoms with Crippen LogP contribution in [0.2, 0.25) is 0 Å². The molecule has 6 nitrogen and oxygen atoms in total. The summed E-state index contributed by atoms with van der Waals surface area (Å²) < 4.78 is 32.5. The molecule has 0 spiro atoms. The van der Waals surface area contributed by atoms with Gasteiger partial charge >= 0.3 is 0 Å². The molecular formula is C19H22N2O4S. The summed E-state index contributed by atoms with van der Waals surface area (Å²) in [5.41, 5.74) is 1.69. The molecule has 1 aliphatic heterocycles. The third kappa shape index (κ3) is 4.83. The van der Waals surface area contributed by atoms with Gasteiger partial charge in [0.1, 0.15) is 0 Å². The second-order valence-corrected chi connectivity index (χ2v) is 8.08. The number of ether oxygens (including phenoxy) is 1. The predicted molar refractivity (Wildman–Crippen MR) is 100 cm³/mol. The molecule has 1 amide bonds. The Bertz CT molecular complexity index is 851. The molecule has 0 bridgehead atoms. The van der Waals surface area contributed by atoms with Gasteiger partial charge in [-0.3, -0.25) is 9.52 Å². The van der Waals surface area contributed by atoms with E-state index in [-0.39, 0.29) is 17.8 Å². The molecule has 1 saturated heterocycles. The summed E-state index contributed by atoms with van der Waals surface area (Å²) in [6.45, 7) is 3.59. The SMILES string of the molecule is CC1CN(C(=O)c2ccc(NS(=O)(=O)Cc3ccccc3)cc2)CCO1. The van der Waals surface area contributed by atoms with Gasteiger partial charge in [-0.05, 0) is 36.8 Å². The number of benzene rings is 2. The van der Waals surface area contributed by atoms with Crippen molar-refractivity contribution >= 4 is 21.6 Å². The van der Waals surface area contributed by atoms with Crippen LogP contribution in [0.4, 0.5) is 5.69 Å². The minimum atomic E-state index is -3.51. The molecule has 3 rings (SSSR count). The molecule has 1 unspecified atom stereocenters. The van der Waals surface area contributed by atoms with Crippen molar-refractivity contribution in [3.63, 3.8) is 0 Å². The maximum Gasteiger partial charge on any atom is 0.254 e. The number of carbonyl (C=O) groups excluding carboxylic acids is 1. The number of carbonyl (C=O) groups is 1. The highest BCUT2D eigenvalue weighted by Gasteiger charge is 2.22. The van der Waals surface area contributed by atoms with Crippen molar-refractivity contribution in [3.8, 4) is 0 Å². The lowest BCUT2D eigenvalue weighted by molar-refractivity contribution is -0.0124. The topological polar surface area (TPSA) is 75.7 Å². The average molecular weight is 374 g/mol. The molecule has 1 fully saturated rings. The zero-order chi connectivity index (χ0) is 18.6. The number of sulfonamides is 1. The number of rotatable bonds is 5. The Labute approximate surface area is 153 Å². The van der Waals surface area contributed by atoms with Crippen LogP contribution in [0.1, 0.15) is 22.8 Å². The highest BCUT2D eigenvalue weighted by atomic mass is 32.2. The molecule has 1 heterocycles. The van der Waals surface area contributed by atoms with E-state index in [9.17, 15) is 13.2 Å².